The minimum absolute atomic E-state index is 0.159. The van der Waals surface area contributed by atoms with Crippen LogP contribution in [0.15, 0.2) is 101 Å². The number of nitrogens with zero attached hydrogens (tertiary/aromatic N) is 3. The van der Waals surface area contributed by atoms with Gasteiger partial charge in [0, 0.05) is 16.8 Å². The van der Waals surface area contributed by atoms with E-state index in [-0.39, 0.29) is 17.5 Å². The fourth-order valence-corrected chi connectivity index (χ4v) is 5.83. The predicted octanol–water partition coefficient (Wildman–Crippen LogP) is 5.29. The molecule has 5 nitrogen and oxygen atoms in total. The quantitative estimate of drug-likeness (QED) is 0.353. The maximum absolute atomic E-state index is 14.2. The van der Waals surface area contributed by atoms with E-state index in [0.717, 1.165) is 17.5 Å². The minimum atomic E-state index is -0.195. The molecule has 5 aromatic rings. The second-order valence-electron chi connectivity index (χ2n) is 8.70. The van der Waals surface area contributed by atoms with E-state index in [4.69, 9.17) is 0 Å². The first-order chi connectivity index (χ1) is 17.2. The molecule has 0 bridgehead atoms. The van der Waals surface area contributed by atoms with Crippen molar-refractivity contribution in [3.8, 4) is 0 Å². The Morgan fingerprint density at radius 3 is 2.34 bits per heavy atom. The Morgan fingerprint density at radius 2 is 1.57 bits per heavy atom. The number of thiophene rings is 1. The molecule has 3 aromatic carbocycles. The molecule has 0 saturated heterocycles. The van der Waals surface area contributed by atoms with Crippen LogP contribution in [0.2, 0.25) is 0 Å². The maximum Gasteiger partial charge on any atom is 0.275 e. The van der Waals surface area contributed by atoms with Gasteiger partial charge in [-0.2, -0.15) is 5.10 Å². The lowest BCUT2D eigenvalue weighted by Crippen LogP contribution is -2.41. The van der Waals surface area contributed by atoms with E-state index in [2.05, 4.69) is 28.7 Å². The number of aromatic nitrogens is 2. The van der Waals surface area contributed by atoms with Crippen molar-refractivity contribution in [1.82, 2.24) is 14.7 Å². The molecule has 172 valence electrons. The number of fused-ring (bicyclic) bond motifs is 2. The topological polar surface area (TPSA) is 55.2 Å². The molecule has 1 amide bonds. The number of amides is 1. The van der Waals surface area contributed by atoms with Gasteiger partial charge in [-0.15, -0.1) is 11.3 Å². The zero-order valence-electron chi connectivity index (χ0n) is 19.0. The number of carbonyl (C=O) groups is 1. The lowest BCUT2D eigenvalue weighted by Gasteiger charge is -2.36. The van der Waals surface area contributed by atoms with E-state index in [1.807, 2.05) is 71.6 Å². The molecule has 0 saturated carbocycles. The van der Waals surface area contributed by atoms with Gasteiger partial charge in [-0.25, -0.2) is 4.68 Å². The molecule has 1 aliphatic heterocycles. The Labute approximate surface area is 206 Å². The molecule has 6 heteroatoms. The molecule has 0 fully saturated rings. The Balaban J connectivity index is 1.49. The van der Waals surface area contributed by atoms with Gasteiger partial charge < -0.3 is 4.90 Å². The van der Waals surface area contributed by atoms with Crippen molar-refractivity contribution in [2.24, 2.45) is 0 Å². The molecule has 3 heterocycles. The van der Waals surface area contributed by atoms with Gasteiger partial charge in [0.15, 0.2) is 5.69 Å². The molecular weight excluding hydrogens is 454 g/mol. The first kappa shape index (κ1) is 21.5. The van der Waals surface area contributed by atoms with E-state index in [9.17, 15) is 9.59 Å². The number of hydrogen-bond donors (Lipinski definition) is 0. The van der Waals surface area contributed by atoms with Crippen molar-refractivity contribution in [2.45, 2.75) is 19.0 Å². The highest BCUT2D eigenvalue weighted by Gasteiger charge is 2.34. The van der Waals surface area contributed by atoms with E-state index >= 15 is 0 Å². The van der Waals surface area contributed by atoms with Gasteiger partial charge in [-0.1, -0.05) is 78.9 Å². The highest BCUT2D eigenvalue weighted by molar-refractivity contribution is 7.10. The number of carbonyl (C=O) groups excluding carboxylic acids is 1. The summed E-state index contributed by atoms with van der Waals surface area (Å²) in [5.74, 6) is -0.159. The van der Waals surface area contributed by atoms with Crippen LogP contribution < -0.4 is 5.56 Å². The van der Waals surface area contributed by atoms with Crippen LogP contribution in [0.3, 0.4) is 0 Å². The Morgan fingerprint density at radius 1 is 0.886 bits per heavy atom. The second kappa shape index (κ2) is 8.96. The summed E-state index contributed by atoms with van der Waals surface area (Å²) in [6, 6.07) is 29.1. The standard InChI is InChI=1S/C29H23N3O2S/c33-28-23-14-8-7-13-22(23)26(30-32(28)19-20-9-3-1-4-10-20)29(34)31-17-15-25-24(16-18-35-25)27(31)21-11-5-2-6-12-21/h1-14,16,18,27H,15,17,19H2. The molecule has 1 atom stereocenters. The van der Waals surface area contributed by atoms with Crippen molar-refractivity contribution >= 4 is 28.0 Å². The summed E-state index contributed by atoms with van der Waals surface area (Å²) >= 11 is 1.74. The normalized spacial score (nSPS) is 15.2. The van der Waals surface area contributed by atoms with Crippen LogP contribution in [0.5, 0.6) is 0 Å². The summed E-state index contributed by atoms with van der Waals surface area (Å²) in [5, 5.41) is 7.86. The van der Waals surface area contributed by atoms with Gasteiger partial charge in [-0.05, 0) is 40.6 Å². The molecule has 0 radical (unpaired) electrons. The molecule has 0 spiro atoms. The summed E-state index contributed by atoms with van der Waals surface area (Å²) in [7, 11) is 0. The zero-order chi connectivity index (χ0) is 23.8. The van der Waals surface area contributed by atoms with Crippen LogP contribution in [0.25, 0.3) is 10.8 Å². The number of hydrogen-bond acceptors (Lipinski definition) is 4. The van der Waals surface area contributed by atoms with Crippen LogP contribution in [-0.4, -0.2) is 27.1 Å². The summed E-state index contributed by atoms with van der Waals surface area (Å²) in [5.41, 5.74) is 3.32. The second-order valence-corrected chi connectivity index (χ2v) is 9.70. The van der Waals surface area contributed by atoms with Gasteiger partial charge in [0.1, 0.15) is 0 Å². The molecular formula is C29H23N3O2S. The van der Waals surface area contributed by atoms with Crippen molar-refractivity contribution in [3.05, 3.63) is 134 Å². The fraction of sp³-hybridized carbons (Fsp3) is 0.138. The predicted molar refractivity (Wildman–Crippen MR) is 139 cm³/mol. The largest absolute Gasteiger partial charge is 0.326 e. The zero-order valence-corrected chi connectivity index (χ0v) is 19.8. The molecule has 0 aliphatic carbocycles. The molecule has 1 aliphatic rings. The summed E-state index contributed by atoms with van der Waals surface area (Å²) < 4.78 is 1.42. The molecule has 6 rings (SSSR count). The van der Waals surface area contributed by atoms with Crippen LogP contribution >= 0.6 is 11.3 Å². The SMILES string of the molecule is O=C(c1nn(Cc2ccccc2)c(=O)c2ccccc12)N1CCc2sccc2C1c1ccccc1. The lowest BCUT2D eigenvalue weighted by atomic mass is 9.92. The molecule has 1 unspecified atom stereocenters. The number of benzene rings is 3. The molecule has 35 heavy (non-hydrogen) atoms. The lowest BCUT2D eigenvalue weighted by molar-refractivity contribution is 0.0689. The van der Waals surface area contributed by atoms with Crippen LogP contribution in [0.1, 0.15) is 38.1 Å². The fourth-order valence-electron chi connectivity index (χ4n) is 4.92. The van der Waals surface area contributed by atoms with Gasteiger partial charge >= 0.3 is 0 Å². The summed E-state index contributed by atoms with van der Waals surface area (Å²) in [4.78, 5) is 30.7. The van der Waals surface area contributed by atoms with Crippen LogP contribution in [0, 0.1) is 0 Å². The van der Waals surface area contributed by atoms with Crippen LogP contribution in [0.4, 0.5) is 0 Å². The van der Waals surface area contributed by atoms with Crippen LogP contribution in [-0.2, 0) is 13.0 Å². The first-order valence-electron chi connectivity index (χ1n) is 11.7. The third-order valence-electron chi connectivity index (χ3n) is 6.59. The van der Waals surface area contributed by atoms with Crippen molar-refractivity contribution in [1.29, 1.82) is 0 Å². The van der Waals surface area contributed by atoms with E-state index < -0.39 is 0 Å². The van der Waals surface area contributed by atoms with Crippen molar-refractivity contribution < 1.29 is 4.79 Å². The van der Waals surface area contributed by atoms with E-state index in [0.29, 0.717) is 29.6 Å². The van der Waals surface area contributed by atoms with E-state index in [1.165, 1.54) is 15.1 Å². The van der Waals surface area contributed by atoms with Gasteiger partial charge in [-0.3, -0.25) is 9.59 Å². The van der Waals surface area contributed by atoms with Gasteiger partial charge in [0.2, 0.25) is 0 Å². The van der Waals surface area contributed by atoms with Gasteiger partial charge in [0.25, 0.3) is 11.5 Å². The third-order valence-corrected chi connectivity index (χ3v) is 7.58. The van der Waals surface area contributed by atoms with Crippen molar-refractivity contribution in [2.75, 3.05) is 6.54 Å². The smallest absolute Gasteiger partial charge is 0.275 e. The van der Waals surface area contributed by atoms with E-state index in [1.54, 1.807) is 17.4 Å². The highest BCUT2D eigenvalue weighted by Crippen LogP contribution is 2.38. The minimum Gasteiger partial charge on any atom is -0.326 e. The van der Waals surface area contributed by atoms with Crippen molar-refractivity contribution in [3.63, 3.8) is 0 Å². The number of rotatable bonds is 4. The average Bonchev–Trinajstić information content (AvgIpc) is 3.39. The molecule has 2 aromatic heterocycles. The Kier molecular flexibility index (Phi) is 5.51. The summed E-state index contributed by atoms with van der Waals surface area (Å²) in [6.07, 6.45) is 0.809. The highest BCUT2D eigenvalue weighted by atomic mass is 32.1. The third kappa shape index (κ3) is 3.86. The monoisotopic (exact) mass is 477 g/mol. The maximum atomic E-state index is 14.2. The Hall–Kier alpha value is -4.03. The molecule has 0 N–H and O–H groups in total. The summed E-state index contributed by atoms with van der Waals surface area (Å²) in [6.45, 7) is 0.904. The first-order valence-corrected chi connectivity index (χ1v) is 12.5. The Bertz CT molecular complexity index is 1570. The van der Waals surface area contributed by atoms with Gasteiger partial charge in [0.05, 0.1) is 18.0 Å². The average molecular weight is 478 g/mol.